The zero-order valence-electron chi connectivity index (χ0n) is 11.0. The van der Waals surface area contributed by atoms with Crippen LogP contribution in [-0.4, -0.2) is 7.85 Å². The highest BCUT2D eigenvalue weighted by Crippen LogP contribution is 2.39. The summed E-state index contributed by atoms with van der Waals surface area (Å²) in [5.74, 6) is 0. The molecule has 1 fully saturated rings. The molecule has 0 aromatic carbocycles. The highest BCUT2D eigenvalue weighted by molar-refractivity contribution is 6.15. The van der Waals surface area contributed by atoms with Crippen molar-refractivity contribution in [1.82, 2.24) is 0 Å². The van der Waals surface area contributed by atoms with E-state index < -0.39 is 0 Å². The van der Waals surface area contributed by atoms with Gasteiger partial charge in [0.25, 0.3) is 0 Å². The summed E-state index contributed by atoms with van der Waals surface area (Å²) in [6.45, 7) is 2.38. The van der Waals surface area contributed by atoms with Crippen molar-refractivity contribution in [3.05, 3.63) is 0 Å². The summed E-state index contributed by atoms with van der Waals surface area (Å²) in [6, 6.07) is 0. The molecular formula is C14H29B. The third kappa shape index (κ3) is 5.63. The standard InChI is InChI=1S/C14H29B/c1-2-14(15)12-10-8-6-4-3-5-7-9-11-13-14/h2-13,15H2,1H3. The van der Waals surface area contributed by atoms with E-state index in [1.54, 1.807) is 0 Å². The molecule has 1 heteroatoms. The Morgan fingerprint density at radius 1 is 0.733 bits per heavy atom. The molecule has 1 rings (SSSR count). The van der Waals surface area contributed by atoms with Crippen LogP contribution in [0.2, 0.25) is 5.31 Å². The summed E-state index contributed by atoms with van der Waals surface area (Å²) in [4.78, 5) is 0. The van der Waals surface area contributed by atoms with Crippen LogP contribution in [0.15, 0.2) is 0 Å². The number of rotatable bonds is 1. The van der Waals surface area contributed by atoms with Gasteiger partial charge in [-0.3, -0.25) is 0 Å². The zero-order chi connectivity index (χ0) is 11.0. The van der Waals surface area contributed by atoms with Crippen LogP contribution in [0.25, 0.3) is 0 Å². The second-order valence-electron chi connectivity index (χ2n) is 5.85. The van der Waals surface area contributed by atoms with Gasteiger partial charge in [-0.05, 0) is 0 Å². The molecule has 1 saturated carbocycles. The molecule has 15 heavy (non-hydrogen) atoms. The molecule has 0 spiro atoms. The van der Waals surface area contributed by atoms with Crippen LogP contribution in [0, 0.1) is 0 Å². The first-order chi connectivity index (χ1) is 7.27. The van der Waals surface area contributed by atoms with Crippen LogP contribution in [0.3, 0.4) is 0 Å². The van der Waals surface area contributed by atoms with Gasteiger partial charge in [-0.2, -0.15) is 0 Å². The van der Waals surface area contributed by atoms with Gasteiger partial charge in [0.15, 0.2) is 0 Å². The second-order valence-corrected chi connectivity index (χ2v) is 5.85. The molecule has 0 saturated heterocycles. The highest BCUT2D eigenvalue weighted by Gasteiger charge is 2.20. The molecule has 0 N–H and O–H groups in total. The maximum atomic E-state index is 2.51. The predicted molar refractivity (Wildman–Crippen MR) is 72.3 cm³/mol. The van der Waals surface area contributed by atoms with Crippen molar-refractivity contribution in [3.63, 3.8) is 0 Å². The van der Waals surface area contributed by atoms with Gasteiger partial charge in [0.2, 0.25) is 0 Å². The molecule has 0 atom stereocenters. The van der Waals surface area contributed by atoms with E-state index in [4.69, 9.17) is 0 Å². The lowest BCUT2D eigenvalue weighted by molar-refractivity contribution is 0.404. The lowest BCUT2D eigenvalue weighted by Gasteiger charge is -2.28. The number of hydrogen-bond donors (Lipinski definition) is 0. The molecule has 0 nitrogen and oxygen atoms in total. The van der Waals surface area contributed by atoms with Crippen molar-refractivity contribution >= 4 is 7.85 Å². The van der Waals surface area contributed by atoms with Crippen LogP contribution >= 0.6 is 0 Å². The van der Waals surface area contributed by atoms with Gasteiger partial charge in [-0.15, -0.1) is 0 Å². The minimum absolute atomic E-state index is 0.666. The minimum atomic E-state index is 0.666. The van der Waals surface area contributed by atoms with Crippen LogP contribution in [0.1, 0.15) is 84.0 Å². The van der Waals surface area contributed by atoms with Crippen molar-refractivity contribution in [2.75, 3.05) is 0 Å². The Hall–Kier alpha value is 0.0649. The molecule has 1 aliphatic rings. The summed E-state index contributed by atoms with van der Waals surface area (Å²) in [5.41, 5.74) is 0. The van der Waals surface area contributed by atoms with Crippen molar-refractivity contribution in [2.24, 2.45) is 0 Å². The summed E-state index contributed by atoms with van der Waals surface area (Å²) < 4.78 is 0. The molecule has 0 aromatic rings. The molecule has 0 aliphatic heterocycles. The quantitative estimate of drug-likeness (QED) is 0.557. The minimum Gasteiger partial charge on any atom is -0.0655 e. The maximum Gasteiger partial charge on any atom is 0.109 e. The van der Waals surface area contributed by atoms with E-state index in [2.05, 4.69) is 14.8 Å². The summed E-state index contributed by atoms with van der Waals surface area (Å²) >= 11 is 0. The lowest BCUT2D eigenvalue weighted by Crippen LogP contribution is -2.12. The second kappa shape index (κ2) is 7.36. The van der Waals surface area contributed by atoms with Crippen molar-refractivity contribution in [3.8, 4) is 0 Å². The molecule has 1 aliphatic carbocycles. The third-order valence-corrected chi connectivity index (χ3v) is 4.41. The molecule has 0 amide bonds. The fourth-order valence-electron chi connectivity index (χ4n) is 2.82. The lowest BCUT2D eigenvalue weighted by atomic mass is 9.61. The SMILES string of the molecule is BC1(CC)CCCCCCCCCCC1. The Balaban J connectivity index is 2.32. The zero-order valence-corrected chi connectivity index (χ0v) is 11.0. The molecule has 88 valence electrons. The molecular weight excluding hydrogens is 179 g/mol. The van der Waals surface area contributed by atoms with E-state index in [1.165, 1.54) is 77.0 Å². The topological polar surface area (TPSA) is 0 Å². The Labute approximate surface area is 97.6 Å². The Bertz CT molecular complexity index is 141. The van der Waals surface area contributed by atoms with Crippen LogP contribution in [-0.2, 0) is 0 Å². The highest BCUT2D eigenvalue weighted by atomic mass is 14.2. The summed E-state index contributed by atoms with van der Waals surface area (Å²) in [5, 5.41) is 0.666. The molecule has 0 heterocycles. The molecule has 0 unspecified atom stereocenters. The monoisotopic (exact) mass is 208 g/mol. The van der Waals surface area contributed by atoms with E-state index in [0.29, 0.717) is 5.31 Å². The maximum absolute atomic E-state index is 2.51. The van der Waals surface area contributed by atoms with E-state index in [9.17, 15) is 0 Å². The van der Waals surface area contributed by atoms with Gasteiger partial charge in [-0.25, -0.2) is 0 Å². The molecule has 0 bridgehead atoms. The fourth-order valence-corrected chi connectivity index (χ4v) is 2.82. The van der Waals surface area contributed by atoms with E-state index in [1.807, 2.05) is 0 Å². The average Bonchev–Trinajstić information content (AvgIpc) is 2.23. The normalized spacial score (nSPS) is 25.1. The van der Waals surface area contributed by atoms with Crippen LogP contribution < -0.4 is 0 Å². The largest absolute Gasteiger partial charge is 0.109 e. The van der Waals surface area contributed by atoms with E-state index in [-0.39, 0.29) is 0 Å². The van der Waals surface area contributed by atoms with Crippen molar-refractivity contribution < 1.29 is 0 Å². The third-order valence-electron chi connectivity index (χ3n) is 4.41. The van der Waals surface area contributed by atoms with Gasteiger partial charge in [0.05, 0.1) is 0 Å². The molecule has 0 radical (unpaired) electrons. The fraction of sp³-hybridized carbons (Fsp3) is 1.00. The van der Waals surface area contributed by atoms with Gasteiger partial charge in [-0.1, -0.05) is 89.3 Å². The first-order valence-corrected chi connectivity index (χ1v) is 7.27. The smallest absolute Gasteiger partial charge is 0.0655 e. The Morgan fingerprint density at radius 3 is 1.40 bits per heavy atom. The van der Waals surface area contributed by atoms with Crippen molar-refractivity contribution in [2.45, 2.75) is 89.3 Å². The van der Waals surface area contributed by atoms with Crippen LogP contribution in [0.5, 0.6) is 0 Å². The van der Waals surface area contributed by atoms with Gasteiger partial charge >= 0.3 is 0 Å². The first-order valence-electron chi connectivity index (χ1n) is 7.27. The van der Waals surface area contributed by atoms with Gasteiger partial charge in [0.1, 0.15) is 7.85 Å². The first kappa shape index (κ1) is 13.1. The number of hydrogen-bond acceptors (Lipinski definition) is 0. The van der Waals surface area contributed by atoms with Gasteiger partial charge in [0, 0.05) is 0 Å². The molecule has 0 aromatic heterocycles. The summed E-state index contributed by atoms with van der Waals surface area (Å²) in [7, 11) is 2.51. The van der Waals surface area contributed by atoms with E-state index in [0.717, 1.165) is 0 Å². The predicted octanol–water partition coefficient (Wildman–Crippen LogP) is 4.49. The Kier molecular flexibility index (Phi) is 6.44. The summed E-state index contributed by atoms with van der Waals surface area (Å²) in [6.07, 6.45) is 17.7. The average molecular weight is 208 g/mol. The van der Waals surface area contributed by atoms with Crippen molar-refractivity contribution in [1.29, 1.82) is 0 Å². The van der Waals surface area contributed by atoms with Crippen LogP contribution in [0.4, 0.5) is 0 Å². The van der Waals surface area contributed by atoms with Gasteiger partial charge < -0.3 is 0 Å². The Morgan fingerprint density at radius 2 is 1.07 bits per heavy atom. The van der Waals surface area contributed by atoms with E-state index >= 15 is 0 Å².